The quantitative estimate of drug-likeness (QED) is 0.676. The molecule has 0 saturated heterocycles. The number of fused-ring (bicyclic) bond motifs is 1. The first-order chi connectivity index (χ1) is 12.9. The van der Waals surface area contributed by atoms with E-state index >= 15 is 0 Å². The molecule has 2 aromatic heterocycles. The molecule has 1 atom stereocenters. The SMILES string of the molecule is COc1cc(NC(=O)C(N)CC(C)C)ccc1-c1cnc2ccc(Cl)nn12. The van der Waals surface area contributed by atoms with Gasteiger partial charge in [0, 0.05) is 17.3 Å². The Morgan fingerprint density at radius 3 is 2.81 bits per heavy atom. The van der Waals surface area contributed by atoms with Crippen LogP contribution in [0.5, 0.6) is 5.75 Å². The number of ether oxygens (including phenoxy) is 1. The third-order valence-corrected chi connectivity index (χ3v) is 4.34. The molecule has 0 radical (unpaired) electrons. The van der Waals surface area contributed by atoms with Gasteiger partial charge in [0.25, 0.3) is 0 Å². The van der Waals surface area contributed by atoms with E-state index in [4.69, 9.17) is 22.1 Å². The Balaban J connectivity index is 1.90. The summed E-state index contributed by atoms with van der Waals surface area (Å²) in [5, 5.41) is 7.49. The van der Waals surface area contributed by atoms with E-state index in [1.807, 2.05) is 19.9 Å². The fourth-order valence-corrected chi connectivity index (χ4v) is 3.00. The molecule has 3 aromatic rings. The Morgan fingerprint density at radius 2 is 2.11 bits per heavy atom. The summed E-state index contributed by atoms with van der Waals surface area (Å²) in [7, 11) is 1.57. The van der Waals surface area contributed by atoms with E-state index in [2.05, 4.69) is 15.4 Å². The van der Waals surface area contributed by atoms with Crippen molar-refractivity contribution in [1.29, 1.82) is 0 Å². The summed E-state index contributed by atoms with van der Waals surface area (Å²) in [5.41, 5.74) is 8.75. The molecule has 0 spiro atoms. The molecule has 8 heteroatoms. The third kappa shape index (κ3) is 4.20. The minimum atomic E-state index is -0.555. The number of carbonyl (C=O) groups is 1. The summed E-state index contributed by atoms with van der Waals surface area (Å²) in [4.78, 5) is 16.6. The molecular formula is C19H22ClN5O2. The average molecular weight is 388 g/mol. The summed E-state index contributed by atoms with van der Waals surface area (Å²) < 4.78 is 7.16. The van der Waals surface area contributed by atoms with Gasteiger partial charge in [-0.25, -0.2) is 9.50 Å². The lowest BCUT2D eigenvalue weighted by Crippen LogP contribution is -2.36. The Hall–Kier alpha value is -2.64. The summed E-state index contributed by atoms with van der Waals surface area (Å²) in [6.07, 6.45) is 2.32. The van der Waals surface area contributed by atoms with Gasteiger partial charge in [0.2, 0.25) is 5.91 Å². The van der Waals surface area contributed by atoms with E-state index in [0.717, 1.165) is 11.3 Å². The highest BCUT2D eigenvalue weighted by Crippen LogP contribution is 2.33. The van der Waals surface area contributed by atoms with Gasteiger partial charge < -0.3 is 15.8 Å². The molecule has 1 amide bonds. The molecule has 7 nitrogen and oxygen atoms in total. The molecule has 3 N–H and O–H groups in total. The Kier molecular flexibility index (Phi) is 5.62. The van der Waals surface area contributed by atoms with E-state index in [-0.39, 0.29) is 5.91 Å². The van der Waals surface area contributed by atoms with Crippen LogP contribution < -0.4 is 15.8 Å². The van der Waals surface area contributed by atoms with E-state index in [1.54, 1.807) is 42.1 Å². The van der Waals surface area contributed by atoms with Crippen molar-refractivity contribution in [3.8, 4) is 17.0 Å². The number of anilines is 1. The summed E-state index contributed by atoms with van der Waals surface area (Å²) in [6, 6.07) is 8.30. The van der Waals surface area contributed by atoms with Gasteiger partial charge in [0.1, 0.15) is 10.9 Å². The number of aromatic nitrogens is 3. The maximum absolute atomic E-state index is 12.3. The monoisotopic (exact) mass is 387 g/mol. The zero-order valence-electron chi connectivity index (χ0n) is 15.4. The minimum absolute atomic E-state index is 0.221. The molecule has 0 aliphatic heterocycles. The van der Waals surface area contributed by atoms with Crippen molar-refractivity contribution in [2.75, 3.05) is 12.4 Å². The summed E-state index contributed by atoms with van der Waals surface area (Å²) in [6.45, 7) is 4.06. The first-order valence-electron chi connectivity index (χ1n) is 8.64. The second kappa shape index (κ2) is 7.94. The molecular weight excluding hydrogens is 366 g/mol. The molecule has 0 saturated carbocycles. The van der Waals surface area contributed by atoms with Gasteiger partial charge in [0.15, 0.2) is 5.65 Å². The van der Waals surface area contributed by atoms with Gasteiger partial charge in [-0.2, -0.15) is 5.10 Å². The number of nitrogens with one attached hydrogen (secondary N) is 1. The molecule has 3 rings (SSSR count). The highest BCUT2D eigenvalue weighted by atomic mass is 35.5. The number of nitrogens with zero attached hydrogens (tertiary/aromatic N) is 3. The molecule has 1 unspecified atom stereocenters. The van der Waals surface area contributed by atoms with Crippen LogP contribution in [0.1, 0.15) is 20.3 Å². The largest absolute Gasteiger partial charge is 0.496 e. The molecule has 2 heterocycles. The third-order valence-electron chi connectivity index (χ3n) is 4.14. The summed E-state index contributed by atoms with van der Waals surface area (Å²) >= 11 is 6.01. The molecule has 27 heavy (non-hydrogen) atoms. The van der Waals surface area contributed by atoms with Crippen molar-refractivity contribution >= 4 is 28.8 Å². The van der Waals surface area contributed by atoms with Crippen molar-refractivity contribution in [2.24, 2.45) is 11.7 Å². The zero-order valence-corrected chi connectivity index (χ0v) is 16.2. The number of nitrogens with two attached hydrogens (primary N) is 1. The van der Waals surface area contributed by atoms with Crippen LogP contribution in [0.15, 0.2) is 36.5 Å². The standard InChI is InChI=1S/C19H22ClN5O2/c1-11(2)8-14(21)19(26)23-12-4-5-13(16(9-12)27-3)15-10-22-18-7-6-17(20)24-25(15)18/h4-7,9-11,14H,8,21H2,1-3H3,(H,23,26). The summed E-state index contributed by atoms with van der Waals surface area (Å²) in [5.74, 6) is 0.702. The number of amides is 1. The van der Waals surface area contributed by atoms with Crippen LogP contribution >= 0.6 is 11.6 Å². The van der Waals surface area contributed by atoms with E-state index < -0.39 is 6.04 Å². The van der Waals surface area contributed by atoms with E-state index in [0.29, 0.717) is 34.6 Å². The normalized spacial score (nSPS) is 12.4. The fourth-order valence-electron chi connectivity index (χ4n) is 2.87. The predicted octanol–water partition coefficient (Wildman–Crippen LogP) is 3.37. The minimum Gasteiger partial charge on any atom is -0.496 e. The highest BCUT2D eigenvalue weighted by Gasteiger charge is 2.17. The number of hydrogen-bond acceptors (Lipinski definition) is 5. The van der Waals surface area contributed by atoms with E-state index in [1.165, 1.54) is 0 Å². The van der Waals surface area contributed by atoms with Gasteiger partial charge in [-0.3, -0.25) is 4.79 Å². The maximum Gasteiger partial charge on any atom is 0.241 e. The number of hydrogen-bond donors (Lipinski definition) is 2. The van der Waals surface area contributed by atoms with Crippen LogP contribution in [0.4, 0.5) is 5.69 Å². The van der Waals surface area contributed by atoms with Crippen LogP contribution in [-0.2, 0) is 4.79 Å². The van der Waals surface area contributed by atoms with Gasteiger partial charge >= 0.3 is 0 Å². The number of imidazole rings is 1. The number of halogens is 1. The van der Waals surface area contributed by atoms with Gasteiger partial charge in [-0.1, -0.05) is 25.4 Å². The second-order valence-corrected chi connectivity index (χ2v) is 7.10. The van der Waals surface area contributed by atoms with Crippen LogP contribution in [0.25, 0.3) is 16.9 Å². The second-order valence-electron chi connectivity index (χ2n) is 6.71. The lowest BCUT2D eigenvalue weighted by atomic mass is 10.0. The van der Waals surface area contributed by atoms with Crippen molar-refractivity contribution in [2.45, 2.75) is 26.3 Å². The van der Waals surface area contributed by atoms with Gasteiger partial charge in [0.05, 0.1) is 25.0 Å². The van der Waals surface area contributed by atoms with Crippen LogP contribution in [0.2, 0.25) is 5.15 Å². The molecule has 142 valence electrons. The molecule has 0 aliphatic carbocycles. The number of benzene rings is 1. The molecule has 0 aliphatic rings. The zero-order chi connectivity index (χ0) is 19.6. The van der Waals surface area contributed by atoms with Gasteiger partial charge in [-0.05, 0) is 36.6 Å². The topological polar surface area (TPSA) is 94.5 Å². The molecule has 0 fully saturated rings. The number of methoxy groups -OCH3 is 1. The van der Waals surface area contributed by atoms with Crippen LogP contribution in [0.3, 0.4) is 0 Å². The Bertz CT molecular complexity index is 970. The molecule has 0 bridgehead atoms. The Labute approximate surface area is 162 Å². The lowest BCUT2D eigenvalue weighted by Gasteiger charge is -2.15. The maximum atomic E-state index is 12.3. The lowest BCUT2D eigenvalue weighted by molar-refractivity contribution is -0.117. The number of rotatable bonds is 6. The van der Waals surface area contributed by atoms with Crippen molar-refractivity contribution in [3.63, 3.8) is 0 Å². The van der Waals surface area contributed by atoms with Gasteiger partial charge in [-0.15, -0.1) is 0 Å². The molecule has 1 aromatic carbocycles. The van der Waals surface area contributed by atoms with Crippen molar-refractivity contribution in [1.82, 2.24) is 14.6 Å². The number of carbonyl (C=O) groups excluding carboxylic acids is 1. The van der Waals surface area contributed by atoms with Crippen molar-refractivity contribution < 1.29 is 9.53 Å². The first kappa shape index (κ1) is 19.1. The highest BCUT2D eigenvalue weighted by molar-refractivity contribution is 6.29. The smallest absolute Gasteiger partial charge is 0.241 e. The first-order valence-corrected chi connectivity index (χ1v) is 9.02. The van der Waals surface area contributed by atoms with Crippen molar-refractivity contribution in [3.05, 3.63) is 41.7 Å². The fraction of sp³-hybridized carbons (Fsp3) is 0.316. The Morgan fingerprint density at radius 1 is 1.33 bits per heavy atom. The average Bonchev–Trinajstić information content (AvgIpc) is 3.03. The predicted molar refractivity (Wildman–Crippen MR) is 106 cm³/mol. The van der Waals surface area contributed by atoms with Crippen LogP contribution in [0, 0.1) is 5.92 Å². The van der Waals surface area contributed by atoms with Crippen LogP contribution in [-0.4, -0.2) is 33.7 Å². The van der Waals surface area contributed by atoms with E-state index in [9.17, 15) is 4.79 Å².